The van der Waals surface area contributed by atoms with Crippen molar-refractivity contribution in [3.05, 3.63) is 58.9 Å². The minimum absolute atomic E-state index is 0.0862. The van der Waals surface area contributed by atoms with Crippen molar-refractivity contribution in [1.82, 2.24) is 9.29 Å². The molecule has 21 heavy (non-hydrogen) atoms. The van der Waals surface area contributed by atoms with E-state index < -0.39 is 10.0 Å². The third kappa shape index (κ3) is 3.59. The first-order chi connectivity index (χ1) is 9.95. The normalized spacial score (nSPS) is 11.8. The maximum absolute atomic E-state index is 12.5. The number of hydrogen-bond acceptors (Lipinski definition) is 4. The van der Waals surface area contributed by atoms with E-state index in [1.807, 2.05) is 0 Å². The van der Waals surface area contributed by atoms with Crippen molar-refractivity contribution in [3.8, 4) is 0 Å². The quantitative estimate of drug-likeness (QED) is 0.913. The summed E-state index contributed by atoms with van der Waals surface area (Å²) >= 11 is 5.95. The first-order valence-corrected chi connectivity index (χ1v) is 8.02. The lowest BCUT2D eigenvalue weighted by molar-refractivity contribution is 0.282. The molecule has 7 heteroatoms. The van der Waals surface area contributed by atoms with Crippen molar-refractivity contribution in [2.24, 2.45) is 0 Å². The molecule has 0 saturated heterocycles. The van der Waals surface area contributed by atoms with Crippen LogP contribution in [0.4, 0.5) is 0 Å². The van der Waals surface area contributed by atoms with Crippen LogP contribution in [0.1, 0.15) is 11.3 Å². The van der Waals surface area contributed by atoms with Crippen LogP contribution in [0.2, 0.25) is 5.02 Å². The van der Waals surface area contributed by atoms with Gasteiger partial charge in [-0.15, -0.1) is 0 Å². The number of aromatic nitrogens is 1. The fourth-order valence-electron chi connectivity index (χ4n) is 1.80. The number of aliphatic hydroxyl groups excluding tert-OH is 1. The first kappa shape index (κ1) is 15.9. The van der Waals surface area contributed by atoms with Gasteiger partial charge >= 0.3 is 0 Å². The highest BCUT2D eigenvalue weighted by Crippen LogP contribution is 2.23. The summed E-state index contributed by atoms with van der Waals surface area (Å²) in [6.45, 7) is -0.0640. The molecule has 0 fully saturated rings. The minimum atomic E-state index is -3.66. The van der Waals surface area contributed by atoms with Crippen molar-refractivity contribution < 1.29 is 13.5 Å². The number of pyridine rings is 1. The summed E-state index contributed by atoms with van der Waals surface area (Å²) in [6.07, 6.45) is 1.61. The Labute approximate surface area is 128 Å². The third-order valence-electron chi connectivity index (χ3n) is 3.01. The van der Waals surface area contributed by atoms with Gasteiger partial charge < -0.3 is 5.11 Å². The molecule has 0 amide bonds. The SMILES string of the molecule is CN(Cc1ccccn1)S(=O)(=O)c1ccc(CO)c(Cl)c1. The number of aliphatic hydroxyl groups is 1. The van der Waals surface area contributed by atoms with E-state index >= 15 is 0 Å². The van der Waals surface area contributed by atoms with Crippen LogP contribution < -0.4 is 0 Å². The fourth-order valence-corrected chi connectivity index (χ4v) is 3.28. The van der Waals surface area contributed by atoms with Crippen molar-refractivity contribution in [2.45, 2.75) is 18.0 Å². The molecule has 0 spiro atoms. The molecule has 2 rings (SSSR count). The molecular formula is C14H15ClN2O3S. The second-order valence-electron chi connectivity index (χ2n) is 4.49. The van der Waals surface area contributed by atoms with Crippen molar-refractivity contribution in [3.63, 3.8) is 0 Å². The lowest BCUT2D eigenvalue weighted by Gasteiger charge is -2.17. The lowest BCUT2D eigenvalue weighted by atomic mass is 10.2. The van der Waals surface area contributed by atoms with E-state index in [1.54, 1.807) is 24.4 Å². The Kier molecular flexibility index (Phi) is 4.95. The van der Waals surface area contributed by atoms with Crippen LogP contribution in [0.15, 0.2) is 47.5 Å². The Bertz CT molecular complexity index is 720. The summed E-state index contributed by atoms with van der Waals surface area (Å²) in [6, 6.07) is 9.61. The van der Waals surface area contributed by atoms with Gasteiger partial charge in [-0.3, -0.25) is 4.98 Å². The fraction of sp³-hybridized carbons (Fsp3) is 0.214. The monoisotopic (exact) mass is 326 g/mol. The zero-order valence-corrected chi connectivity index (χ0v) is 13.0. The molecule has 0 bridgehead atoms. The van der Waals surface area contributed by atoms with Crippen molar-refractivity contribution in [2.75, 3.05) is 7.05 Å². The number of hydrogen-bond donors (Lipinski definition) is 1. The molecule has 5 nitrogen and oxygen atoms in total. The molecule has 0 aliphatic heterocycles. The van der Waals surface area contributed by atoms with E-state index in [1.165, 1.54) is 29.6 Å². The maximum Gasteiger partial charge on any atom is 0.243 e. The summed E-state index contributed by atoms with van der Waals surface area (Å²) in [7, 11) is -2.17. The molecule has 1 N–H and O–H groups in total. The molecular weight excluding hydrogens is 312 g/mol. The van der Waals surface area contributed by atoms with E-state index in [0.29, 0.717) is 11.3 Å². The Morgan fingerprint density at radius 1 is 1.29 bits per heavy atom. The van der Waals surface area contributed by atoms with Gasteiger partial charge in [0, 0.05) is 18.3 Å². The number of rotatable bonds is 5. The highest BCUT2D eigenvalue weighted by molar-refractivity contribution is 7.89. The molecule has 1 aromatic carbocycles. The average Bonchev–Trinajstić information content (AvgIpc) is 2.48. The first-order valence-electron chi connectivity index (χ1n) is 6.20. The van der Waals surface area contributed by atoms with Gasteiger partial charge in [-0.05, 0) is 29.8 Å². The van der Waals surface area contributed by atoms with E-state index in [0.717, 1.165) is 0 Å². The largest absolute Gasteiger partial charge is 0.392 e. The Hall–Kier alpha value is -1.47. The van der Waals surface area contributed by atoms with Crippen LogP contribution in [0.5, 0.6) is 0 Å². The zero-order chi connectivity index (χ0) is 15.5. The molecule has 0 aliphatic rings. The van der Waals surface area contributed by atoms with Gasteiger partial charge in [-0.25, -0.2) is 8.42 Å². The molecule has 0 unspecified atom stereocenters. The second-order valence-corrected chi connectivity index (χ2v) is 6.95. The molecule has 0 saturated carbocycles. The van der Waals surface area contributed by atoms with Gasteiger partial charge in [0.1, 0.15) is 0 Å². The Morgan fingerprint density at radius 2 is 2.05 bits per heavy atom. The van der Waals surface area contributed by atoms with Crippen LogP contribution in [0.25, 0.3) is 0 Å². The summed E-state index contributed by atoms with van der Waals surface area (Å²) in [4.78, 5) is 4.19. The van der Waals surface area contributed by atoms with Crippen molar-refractivity contribution >= 4 is 21.6 Å². The third-order valence-corrected chi connectivity index (χ3v) is 5.17. The average molecular weight is 327 g/mol. The van der Waals surface area contributed by atoms with Gasteiger partial charge in [0.25, 0.3) is 0 Å². The zero-order valence-electron chi connectivity index (χ0n) is 11.4. The smallest absolute Gasteiger partial charge is 0.243 e. The summed E-state index contributed by atoms with van der Waals surface area (Å²) in [5, 5.41) is 9.29. The van der Waals surface area contributed by atoms with Gasteiger partial charge in [-0.2, -0.15) is 4.31 Å². The lowest BCUT2D eigenvalue weighted by Crippen LogP contribution is -2.26. The molecule has 1 aromatic heterocycles. The minimum Gasteiger partial charge on any atom is -0.392 e. The topological polar surface area (TPSA) is 70.5 Å². The molecule has 0 aliphatic carbocycles. The maximum atomic E-state index is 12.5. The highest BCUT2D eigenvalue weighted by atomic mass is 35.5. The van der Waals surface area contributed by atoms with Crippen molar-refractivity contribution in [1.29, 1.82) is 0 Å². The van der Waals surface area contributed by atoms with E-state index in [4.69, 9.17) is 16.7 Å². The number of halogens is 1. The van der Waals surface area contributed by atoms with Crippen LogP contribution in [-0.4, -0.2) is 29.9 Å². The number of nitrogens with zero attached hydrogens (tertiary/aromatic N) is 2. The van der Waals surface area contributed by atoms with Crippen LogP contribution in [0, 0.1) is 0 Å². The van der Waals surface area contributed by atoms with E-state index in [-0.39, 0.29) is 23.1 Å². The molecule has 0 atom stereocenters. The Balaban J connectivity index is 2.27. The summed E-state index contributed by atoms with van der Waals surface area (Å²) < 4.78 is 26.1. The van der Waals surface area contributed by atoms with E-state index in [2.05, 4.69) is 4.98 Å². The molecule has 1 heterocycles. The van der Waals surface area contributed by atoms with Gasteiger partial charge in [0.2, 0.25) is 10.0 Å². The van der Waals surface area contributed by atoms with Gasteiger partial charge in [0.15, 0.2) is 0 Å². The summed E-state index contributed by atoms with van der Waals surface area (Å²) in [5.74, 6) is 0. The summed E-state index contributed by atoms with van der Waals surface area (Å²) in [5.41, 5.74) is 1.14. The molecule has 2 aromatic rings. The number of sulfonamides is 1. The predicted molar refractivity (Wildman–Crippen MR) is 80.3 cm³/mol. The van der Waals surface area contributed by atoms with Crippen LogP contribution in [0.3, 0.4) is 0 Å². The van der Waals surface area contributed by atoms with E-state index in [9.17, 15) is 8.42 Å². The molecule has 0 radical (unpaired) electrons. The van der Waals surface area contributed by atoms with Crippen LogP contribution in [-0.2, 0) is 23.2 Å². The van der Waals surface area contributed by atoms with Crippen LogP contribution >= 0.6 is 11.6 Å². The highest BCUT2D eigenvalue weighted by Gasteiger charge is 2.22. The standard InChI is InChI=1S/C14H15ClN2O3S/c1-17(9-12-4-2-3-7-16-12)21(19,20)13-6-5-11(10-18)14(15)8-13/h2-8,18H,9-10H2,1H3. The predicted octanol–water partition coefficient (Wildman–Crippen LogP) is 2.05. The van der Waals surface area contributed by atoms with Gasteiger partial charge in [0.05, 0.1) is 23.7 Å². The van der Waals surface area contributed by atoms with Gasteiger partial charge in [-0.1, -0.05) is 23.7 Å². The molecule has 112 valence electrons. The second kappa shape index (κ2) is 6.53. The number of benzene rings is 1. The Morgan fingerprint density at radius 3 is 2.62 bits per heavy atom.